The first-order valence-electron chi connectivity index (χ1n) is 28.9. The standard InChI is InChI=1S/C79H51BN3O/c1-4-19-51(20-5-1)54-35-41-57(42-36-54)81-70-47-48-74-76(63-27-12-17-34-73(63)84-74)75(70)64-49-60(82(58-43-37-55(38-44-58)52-21-6-2-7-22-52)59-45-39-56(40-46-59)53-23-8-3-9-24-53)50-72-77(64)80-69-32-18-31-68-78(69)83(72)71-33-16-15-30-67(71)79(68)65-28-13-10-25-61(65)62-26-11-14-29-66(62)79/h1-50,81H. The minimum atomic E-state index is -0.571. The Hall–Kier alpha value is -10.9. The molecule has 3 heterocycles. The van der Waals surface area contributed by atoms with E-state index >= 15 is 0 Å². The molecule has 0 amide bonds. The van der Waals surface area contributed by atoms with Gasteiger partial charge in [0.1, 0.15) is 11.2 Å². The number of hydrogen-bond acceptors (Lipinski definition) is 4. The topological polar surface area (TPSA) is 31.6 Å². The van der Waals surface area contributed by atoms with E-state index in [4.69, 9.17) is 4.42 Å². The fourth-order valence-corrected chi connectivity index (χ4v) is 14.0. The van der Waals surface area contributed by atoms with E-state index in [0.717, 1.165) is 100 Å². The number of hydrogen-bond donors (Lipinski definition) is 1. The highest BCUT2D eigenvalue weighted by atomic mass is 16.3. The van der Waals surface area contributed by atoms with Gasteiger partial charge in [0, 0.05) is 56.1 Å². The number of benzene rings is 13. The largest absolute Gasteiger partial charge is 0.456 e. The van der Waals surface area contributed by atoms with Crippen LogP contribution in [0.3, 0.4) is 0 Å². The Morgan fingerprint density at radius 2 is 0.881 bits per heavy atom. The van der Waals surface area contributed by atoms with E-state index in [2.05, 4.69) is 326 Å². The molecule has 1 radical (unpaired) electrons. The molecule has 0 saturated heterocycles. The molecule has 0 saturated carbocycles. The molecular weight excluding hydrogens is 1020 g/mol. The summed E-state index contributed by atoms with van der Waals surface area (Å²) >= 11 is 0. The quantitative estimate of drug-likeness (QED) is 0.146. The average Bonchev–Trinajstić information content (AvgIpc) is 2.07. The highest BCUT2D eigenvalue weighted by Crippen LogP contribution is 2.64. The normalized spacial score (nSPS) is 12.9. The lowest BCUT2D eigenvalue weighted by Crippen LogP contribution is -2.47. The molecule has 13 aromatic carbocycles. The van der Waals surface area contributed by atoms with E-state index in [1.807, 2.05) is 0 Å². The van der Waals surface area contributed by atoms with E-state index in [1.165, 1.54) is 55.8 Å². The zero-order valence-corrected chi connectivity index (χ0v) is 45.7. The van der Waals surface area contributed by atoms with Gasteiger partial charge < -0.3 is 19.5 Å². The molecule has 1 aromatic heterocycles. The molecule has 84 heavy (non-hydrogen) atoms. The molecule has 0 atom stereocenters. The smallest absolute Gasteiger partial charge is 0.197 e. The van der Waals surface area contributed by atoms with Crippen LogP contribution in [0.15, 0.2) is 308 Å². The van der Waals surface area contributed by atoms with Gasteiger partial charge in [-0.25, -0.2) is 0 Å². The van der Waals surface area contributed by atoms with Crippen LogP contribution in [-0.4, -0.2) is 7.28 Å². The van der Waals surface area contributed by atoms with Crippen LogP contribution in [0.1, 0.15) is 22.3 Å². The minimum Gasteiger partial charge on any atom is -0.456 e. The highest BCUT2D eigenvalue weighted by molar-refractivity contribution is 6.73. The number of para-hydroxylation sites is 3. The number of rotatable bonds is 9. The van der Waals surface area contributed by atoms with Crippen molar-refractivity contribution in [1.29, 1.82) is 0 Å². The number of anilines is 8. The Labute approximate surface area is 489 Å². The maximum atomic E-state index is 6.86. The SMILES string of the molecule is [B]1c2cccc3c2N(c2ccccc2C32c3ccccc3-c3ccccc32)c2cc(N(c3ccc(-c4ccccc4)cc3)c3ccc(-c4ccccc4)cc3)cc(-c3c(Nc4ccc(-c5ccccc5)cc4)ccc4oc5ccccc5c34)c21. The molecule has 17 rings (SSSR count). The predicted octanol–water partition coefficient (Wildman–Crippen LogP) is 19.6. The van der Waals surface area contributed by atoms with Gasteiger partial charge in [0.05, 0.1) is 11.1 Å². The molecule has 14 aromatic rings. The van der Waals surface area contributed by atoms with E-state index < -0.39 is 5.41 Å². The van der Waals surface area contributed by atoms with Gasteiger partial charge in [-0.2, -0.15) is 0 Å². The summed E-state index contributed by atoms with van der Waals surface area (Å²) in [7, 11) is 2.46. The van der Waals surface area contributed by atoms with Gasteiger partial charge in [-0.05, 0) is 151 Å². The third-order valence-electron chi connectivity index (χ3n) is 17.7. The summed E-state index contributed by atoms with van der Waals surface area (Å²) in [5.74, 6) is 0. The Morgan fingerprint density at radius 3 is 1.50 bits per heavy atom. The van der Waals surface area contributed by atoms with Gasteiger partial charge in [0.25, 0.3) is 0 Å². The number of furan rings is 1. The van der Waals surface area contributed by atoms with E-state index in [0.29, 0.717) is 0 Å². The van der Waals surface area contributed by atoms with Crippen LogP contribution in [0.4, 0.5) is 45.5 Å². The molecule has 5 heteroatoms. The molecule has 2 aliphatic heterocycles. The lowest BCUT2D eigenvalue weighted by Gasteiger charge is -2.48. The van der Waals surface area contributed by atoms with Gasteiger partial charge in [0.2, 0.25) is 0 Å². The Kier molecular flexibility index (Phi) is 10.9. The highest BCUT2D eigenvalue weighted by Gasteiger charge is 2.53. The number of fused-ring (bicyclic) bond motifs is 14. The molecule has 4 nitrogen and oxygen atoms in total. The lowest BCUT2D eigenvalue weighted by molar-refractivity contribution is 0.669. The van der Waals surface area contributed by atoms with Crippen LogP contribution in [0.5, 0.6) is 0 Å². The van der Waals surface area contributed by atoms with Crippen LogP contribution < -0.4 is 26.0 Å². The van der Waals surface area contributed by atoms with Crippen molar-refractivity contribution in [1.82, 2.24) is 0 Å². The second kappa shape index (κ2) is 19.1. The lowest BCUT2D eigenvalue weighted by atomic mass is 9.54. The molecule has 3 aliphatic rings. The summed E-state index contributed by atoms with van der Waals surface area (Å²) in [6.45, 7) is 0. The minimum absolute atomic E-state index is 0.571. The van der Waals surface area contributed by atoms with Gasteiger partial charge in [-0.1, -0.05) is 236 Å². The summed E-state index contributed by atoms with van der Waals surface area (Å²) in [6, 6.07) is 111. The molecule has 1 aliphatic carbocycles. The predicted molar refractivity (Wildman–Crippen MR) is 350 cm³/mol. The Balaban J connectivity index is 0.953. The monoisotopic (exact) mass is 1070 g/mol. The second-order valence-corrected chi connectivity index (χ2v) is 22.2. The molecule has 0 bridgehead atoms. The molecule has 0 fully saturated rings. The van der Waals surface area contributed by atoms with E-state index in [9.17, 15) is 0 Å². The van der Waals surface area contributed by atoms with Crippen molar-refractivity contribution < 1.29 is 4.42 Å². The van der Waals surface area contributed by atoms with Crippen molar-refractivity contribution in [3.8, 4) is 55.6 Å². The summed E-state index contributed by atoms with van der Waals surface area (Å²) in [5, 5.41) is 6.11. The van der Waals surface area contributed by atoms with E-state index in [-0.39, 0.29) is 0 Å². The van der Waals surface area contributed by atoms with Crippen LogP contribution in [0, 0.1) is 0 Å². The number of nitrogens with zero attached hydrogens (tertiary/aromatic N) is 2. The average molecular weight is 1070 g/mol. The molecule has 1 spiro atoms. The molecular formula is C79H51BN3O. The fraction of sp³-hybridized carbons (Fsp3) is 0.0127. The van der Waals surface area contributed by atoms with Crippen LogP contribution >= 0.6 is 0 Å². The van der Waals surface area contributed by atoms with Gasteiger partial charge >= 0.3 is 0 Å². The van der Waals surface area contributed by atoms with Gasteiger partial charge in [-0.3, -0.25) is 0 Å². The Bertz CT molecular complexity index is 4750. The van der Waals surface area contributed by atoms with E-state index in [1.54, 1.807) is 0 Å². The van der Waals surface area contributed by atoms with Crippen molar-refractivity contribution in [2.45, 2.75) is 5.41 Å². The first-order valence-corrected chi connectivity index (χ1v) is 28.9. The first-order chi connectivity index (χ1) is 41.7. The summed E-state index contributed by atoms with van der Waals surface area (Å²) in [4.78, 5) is 5.04. The van der Waals surface area contributed by atoms with Crippen LogP contribution in [-0.2, 0) is 5.41 Å². The van der Waals surface area contributed by atoms with Gasteiger partial charge in [0.15, 0.2) is 7.28 Å². The summed E-state index contributed by atoms with van der Waals surface area (Å²) < 4.78 is 6.86. The van der Waals surface area contributed by atoms with Gasteiger partial charge in [-0.15, -0.1) is 0 Å². The van der Waals surface area contributed by atoms with Crippen molar-refractivity contribution in [2.24, 2.45) is 0 Å². The van der Waals surface area contributed by atoms with Crippen molar-refractivity contribution in [2.75, 3.05) is 15.1 Å². The third-order valence-corrected chi connectivity index (χ3v) is 17.7. The van der Waals surface area contributed by atoms with Crippen molar-refractivity contribution >= 4 is 85.6 Å². The Morgan fingerprint density at radius 1 is 0.369 bits per heavy atom. The van der Waals surface area contributed by atoms with Crippen molar-refractivity contribution in [3.63, 3.8) is 0 Å². The third kappa shape index (κ3) is 7.35. The molecule has 0 unspecified atom stereocenters. The van der Waals surface area contributed by atoms with Crippen LogP contribution in [0.25, 0.3) is 77.6 Å². The first kappa shape index (κ1) is 47.9. The zero-order valence-electron chi connectivity index (χ0n) is 45.7. The summed E-state index contributed by atoms with van der Waals surface area (Å²) in [6.07, 6.45) is 0. The second-order valence-electron chi connectivity index (χ2n) is 22.2. The maximum absolute atomic E-state index is 6.86. The fourth-order valence-electron chi connectivity index (χ4n) is 14.0. The molecule has 1 N–H and O–H groups in total. The zero-order chi connectivity index (χ0) is 55.3. The molecule has 391 valence electrons. The van der Waals surface area contributed by atoms with Crippen molar-refractivity contribution in [3.05, 3.63) is 326 Å². The maximum Gasteiger partial charge on any atom is 0.197 e. The number of nitrogens with one attached hydrogen (secondary N) is 1. The summed E-state index contributed by atoms with van der Waals surface area (Å²) in [5.41, 5.74) is 28.6. The van der Waals surface area contributed by atoms with Crippen LogP contribution in [0.2, 0.25) is 0 Å².